The van der Waals surface area contributed by atoms with Gasteiger partial charge in [0, 0.05) is 5.41 Å². The molecule has 0 fully saturated rings. The van der Waals surface area contributed by atoms with Gasteiger partial charge in [0.15, 0.2) is 0 Å². The molecule has 0 saturated carbocycles. The van der Waals surface area contributed by atoms with Crippen molar-refractivity contribution in [3.05, 3.63) is 11.3 Å². The molecule has 0 aliphatic heterocycles. The summed E-state index contributed by atoms with van der Waals surface area (Å²) in [6, 6.07) is 0. The quantitative estimate of drug-likeness (QED) is 0.586. The number of carboxylic acid groups (broad SMARTS) is 1. The molecule has 0 bridgehead atoms. The molecule has 2 N–H and O–H groups in total. The Labute approximate surface area is 64.8 Å². The first-order chi connectivity index (χ1) is 5.01. The second kappa shape index (κ2) is 2.23. The largest absolute Gasteiger partial charge is 0.478 e. The van der Waals surface area contributed by atoms with Crippen LogP contribution in [0.4, 0.5) is 0 Å². The Balaban J connectivity index is 2.70. The summed E-state index contributed by atoms with van der Waals surface area (Å²) in [5.74, 6) is -0.880. The van der Waals surface area contributed by atoms with Gasteiger partial charge in [0.05, 0.1) is 18.4 Å². The second-order valence-corrected chi connectivity index (χ2v) is 2.99. The summed E-state index contributed by atoms with van der Waals surface area (Å²) in [5, 5.41) is 8.63. The van der Waals surface area contributed by atoms with E-state index in [4.69, 9.17) is 5.11 Å². The molecular weight excluding hydrogens is 146 g/mol. The molecule has 0 atom stereocenters. The SMILES string of the molecule is CONC1=C(C(=O)O)C1(C)C. The van der Waals surface area contributed by atoms with Gasteiger partial charge in [-0.15, -0.1) is 0 Å². The molecule has 4 nitrogen and oxygen atoms in total. The third-order valence-corrected chi connectivity index (χ3v) is 1.86. The van der Waals surface area contributed by atoms with E-state index in [1.165, 1.54) is 7.11 Å². The average molecular weight is 157 g/mol. The fourth-order valence-corrected chi connectivity index (χ4v) is 1.12. The van der Waals surface area contributed by atoms with Crippen molar-refractivity contribution in [2.24, 2.45) is 5.41 Å². The number of carboxylic acids is 1. The Morgan fingerprint density at radius 1 is 1.64 bits per heavy atom. The van der Waals surface area contributed by atoms with Gasteiger partial charge in [-0.1, -0.05) is 0 Å². The molecule has 0 saturated heterocycles. The number of nitrogens with one attached hydrogen (secondary N) is 1. The normalized spacial score (nSPS) is 19.9. The van der Waals surface area contributed by atoms with E-state index >= 15 is 0 Å². The van der Waals surface area contributed by atoms with Crippen molar-refractivity contribution < 1.29 is 14.7 Å². The summed E-state index contributed by atoms with van der Waals surface area (Å²) in [7, 11) is 1.46. The van der Waals surface area contributed by atoms with E-state index in [0.717, 1.165) is 0 Å². The van der Waals surface area contributed by atoms with E-state index in [1.54, 1.807) is 0 Å². The fraction of sp³-hybridized carbons (Fsp3) is 0.571. The highest BCUT2D eigenvalue weighted by atomic mass is 16.6. The van der Waals surface area contributed by atoms with E-state index in [-0.39, 0.29) is 5.41 Å². The topological polar surface area (TPSA) is 58.6 Å². The standard InChI is InChI=1S/C7H11NO3/c1-7(2)4(6(9)10)5(7)8-11-3/h8H,1-3H3,(H,9,10). The van der Waals surface area contributed by atoms with Crippen molar-refractivity contribution in [3.63, 3.8) is 0 Å². The molecule has 0 unspecified atom stereocenters. The van der Waals surface area contributed by atoms with Crippen molar-refractivity contribution in [1.29, 1.82) is 0 Å². The third-order valence-electron chi connectivity index (χ3n) is 1.86. The van der Waals surface area contributed by atoms with E-state index in [9.17, 15) is 4.79 Å². The van der Waals surface area contributed by atoms with Crippen molar-refractivity contribution in [2.75, 3.05) is 7.11 Å². The zero-order valence-electron chi connectivity index (χ0n) is 6.76. The molecule has 0 heterocycles. The van der Waals surface area contributed by atoms with Gasteiger partial charge >= 0.3 is 5.97 Å². The minimum atomic E-state index is -0.880. The predicted molar refractivity (Wildman–Crippen MR) is 38.6 cm³/mol. The van der Waals surface area contributed by atoms with Gasteiger partial charge < -0.3 is 5.11 Å². The molecule has 0 radical (unpaired) electrons. The molecule has 0 aromatic heterocycles. The molecule has 0 aromatic carbocycles. The highest BCUT2D eigenvalue weighted by Gasteiger charge is 2.50. The Kier molecular flexibility index (Phi) is 1.64. The van der Waals surface area contributed by atoms with Crippen LogP contribution in [0.1, 0.15) is 13.8 Å². The summed E-state index contributed by atoms with van der Waals surface area (Å²) < 4.78 is 0. The van der Waals surface area contributed by atoms with E-state index in [2.05, 4.69) is 10.3 Å². The summed E-state index contributed by atoms with van der Waals surface area (Å²) in [5.41, 5.74) is 3.26. The first kappa shape index (κ1) is 8.07. The predicted octanol–water partition coefficient (Wildman–Crippen LogP) is 0.516. The van der Waals surface area contributed by atoms with Gasteiger partial charge in [-0.3, -0.25) is 10.3 Å². The number of carbonyl (C=O) groups is 1. The van der Waals surface area contributed by atoms with Gasteiger partial charge in [0.25, 0.3) is 0 Å². The molecule has 1 aliphatic carbocycles. The molecule has 4 heteroatoms. The lowest BCUT2D eigenvalue weighted by Crippen LogP contribution is -2.10. The number of hydroxylamine groups is 1. The van der Waals surface area contributed by atoms with Crippen molar-refractivity contribution in [1.82, 2.24) is 5.48 Å². The van der Waals surface area contributed by atoms with Crippen LogP contribution in [0.25, 0.3) is 0 Å². The van der Waals surface area contributed by atoms with Gasteiger partial charge in [-0.2, -0.15) is 0 Å². The summed E-state index contributed by atoms with van der Waals surface area (Å²) >= 11 is 0. The van der Waals surface area contributed by atoms with Gasteiger partial charge in [-0.05, 0) is 13.8 Å². The van der Waals surface area contributed by atoms with E-state index in [0.29, 0.717) is 11.3 Å². The lowest BCUT2D eigenvalue weighted by Gasteiger charge is -2.03. The Hall–Kier alpha value is -1.03. The van der Waals surface area contributed by atoms with E-state index < -0.39 is 5.97 Å². The number of hydrogen-bond acceptors (Lipinski definition) is 3. The summed E-state index contributed by atoms with van der Waals surface area (Å²) in [6.07, 6.45) is 0. The molecule has 11 heavy (non-hydrogen) atoms. The minimum absolute atomic E-state index is 0.345. The van der Waals surface area contributed by atoms with Crippen molar-refractivity contribution in [3.8, 4) is 0 Å². The number of hydrogen-bond donors (Lipinski definition) is 2. The minimum Gasteiger partial charge on any atom is -0.478 e. The first-order valence-corrected chi connectivity index (χ1v) is 3.29. The van der Waals surface area contributed by atoms with Crippen LogP contribution in [0.5, 0.6) is 0 Å². The van der Waals surface area contributed by atoms with Crippen LogP contribution in [0.3, 0.4) is 0 Å². The van der Waals surface area contributed by atoms with Gasteiger partial charge in [-0.25, -0.2) is 4.79 Å². The Morgan fingerprint density at radius 2 is 2.18 bits per heavy atom. The van der Waals surface area contributed by atoms with Crippen LogP contribution in [0.2, 0.25) is 0 Å². The average Bonchev–Trinajstić information content (AvgIpc) is 2.35. The molecule has 0 aromatic rings. The zero-order valence-corrected chi connectivity index (χ0v) is 6.76. The molecule has 1 aliphatic rings. The van der Waals surface area contributed by atoms with Crippen LogP contribution in [0.15, 0.2) is 11.3 Å². The van der Waals surface area contributed by atoms with Crippen LogP contribution in [-0.2, 0) is 9.63 Å². The van der Waals surface area contributed by atoms with E-state index in [1.807, 2.05) is 13.8 Å². The maximum atomic E-state index is 10.5. The van der Waals surface area contributed by atoms with Crippen molar-refractivity contribution in [2.45, 2.75) is 13.8 Å². The van der Waals surface area contributed by atoms with Gasteiger partial charge in [0.1, 0.15) is 0 Å². The second-order valence-electron chi connectivity index (χ2n) is 2.99. The first-order valence-electron chi connectivity index (χ1n) is 3.29. The lowest BCUT2D eigenvalue weighted by molar-refractivity contribution is -0.132. The van der Waals surface area contributed by atoms with Gasteiger partial charge in [0.2, 0.25) is 0 Å². The zero-order chi connectivity index (χ0) is 8.65. The monoisotopic (exact) mass is 157 g/mol. The molecule has 62 valence electrons. The smallest absolute Gasteiger partial charge is 0.334 e. The Bertz CT molecular complexity index is 230. The molecule has 0 spiro atoms. The van der Waals surface area contributed by atoms with Crippen LogP contribution >= 0.6 is 0 Å². The Morgan fingerprint density at radius 3 is 2.45 bits per heavy atom. The third kappa shape index (κ3) is 1.09. The lowest BCUT2D eigenvalue weighted by atomic mass is 10.1. The van der Waals surface area contributed by atoms with Crippen LogP contribution in [0, 0.1) is 5.41 Å². The summed E-state index contributed by atoms with van der Waals surface area (Å²) in [6.45, 7) is 3.66. The number of rotatable bonds is 3. The highest BCUT2D eigenvalue weighted by molar-refractivity contribution is 5.96. The number of allylic oxidation sites excluding steroid dienone is 1. The molecular formula is C7H11NO3. The molecule has 0 amide bonds. The fourth-order valence-electron chi connectivity index (χ4n) is 1.12. The highest BCUT2D eigenvalue weighted by Crippen LogP contribution is 2.49. The van der Waals surface area contributed by atoms with Crippen molar-refractivity contribution >= 4 is 5.97 Å². The van der Waals surface area contributed by atoms with Crippen LogP contribution in [-0.4, -0.2) is 18.2 Å². The summed E-state index contributed by atoms with van der Waals surface area (Å²) in [4.78, 5) is 15.1. The maximum absolute atomic E-state index is 10.5. The molecule has 1 rings (SSSR count). The number of aliphatic carboxylic acids is 1. The van der Waals surface area contributed by atoms with Crippen LogP contribution < -0.4 is 5.48 Å². The maximum Gasteiger partial charge on any atom is 0.334 e.